The molecule has 1 aliphatic rings. The summed E-state index contributed by atoms with van der Waals surface area (Å²) in [6, 6.07) is 9.14. The summed E-state index contributed by atoms with van der Waals surface area (Å²) in [5.41, 5.74) is 2.61. The van der Waals surface area contributed by atoms with Gasteiger partial charge in [0.25, 0.3) is 0 Å². The van der Waals surface area contributed by atoms with Gasteiger partial charge in [0.05, 0.1) is 5.69 Å². The van der Waals surface area contributed by atoms with E-state index in [1.54, 1.807) is 18.3 Å². The van der Waals surface area contributed by atoms with Crippen LogP contribution in [-0.2, 0) is 17.6 Å². The number of fused-ring (bicyclic) bond motifs is 2. The lowest BCUT2D eigenvalue weighted by Gasteiger charge is -2.27. The Balaban J connectivity index is 2.14. The number of ether oxygens (including phenoxy) is 1. The smallest absolute Gasteiger partial charge is 0.420 e. The molecule has 3 rings (SSSR count). The molecule has 0 saturated heterocycles. The minimum absolute atomic E-state index is 0.468. The van der Waals surface area contributed by atoms with Crippen molar-refractivity contribution in [2.75, 3.05) is 4.90 Å². The molecule has 0 fully saturated rings. The number of carbonyl (C=O) groups excluding carboxylic acids is 2. The number of hydrogen-bond donors (Lipinski definition) is 0. The van der Waals surface area contributed by atoms with Gasteiger partial charge >= 0.3 is 6.09 Å². The molecule has 1 amide bonds. The van der Waals surface area contributed by atoms with Gasteiger partial charge in [-0.25, -0.2) is 14.7 Å². The van der Waals surface area contributed by atoms with Gasteiger partial charge in [0.1, 0.15) is 17.7 Å². The Kier molecular flexibility index (Phi) is 4.09. The fourth-order valence-corrected chi connectivity index (χ4v) is 2.80. The number of pyridine rings is 1. The van der Waals surface area contributed by atoms with E-state index in [9.17, 15) is 9.59 Å². The number of benzene rings is 1. The zero-order valence-electron chi connectivity index (χ0n) is 14.1. The number of hydrogen-bond acceptors (Lipinski definition) is 4. The number of aryl methyl sites for hydroxylation is 2. The van der Waals surface area contributed by atoms with E-state index in [2.05, 4.69) is 4.98 Å². The maximum absolute atomic E-state index is 12.8. The van der Waals surface area contributed by atoms with Crippen LogP contribution in [0.1, 0.15) is 42.3 Å². The monoisotopic (exact) mass is 324 g/mol. The largest absolute Gasteiger partial charge is 0.443 e. The van der Waals surface area contributed by atoms with E-state index in [0.29, 0.717) is 17.1 Å². The molecule has 1 aliphatic heterocycles. The van der Waals surface area contributed by atoms with Crippen LogP contribution in [0, 0.1) is 0 Å². The number of amides is 1. The van der Waals surface area contributed by atoms with E-state index in [1.807, 2.05) is 39.0 Å². The molecule has 0 spiro atoms. The van der Waals surface area contributed by atoms with Gasteiger partial charge in [0, 0.05) is 11.8 Å². The molecule has 2 aromatic rings. The standard InChI is InChI=1S/C19H20N2O3/c1-19(2,3)24-18(23)21-16-9-6-13(12-22)11-15(16)8-7-14-5-4-10-20-17(14)21/h4-6,9-12H,7-8H2,1-3H3. The van der Waals surface area contributed by atoms with Crippen LogP contribution in [0.4, 0.5) is 16.3 Å². The number of anilines is 2. The van der Waals surface area contributed by atoms with E-state index >= 15 is 0 Å². The topological polar surface area (TPSA) is 59.5 Å². The van der Waals surface area contributed by atoms with Crippen molar-refractivity contribution < 1.29 is 14.3 Å². The molecular weight excluding hydrogens is 304 g/mol. The van der Waals surface area contributed by atoms with Crippen molar-refractivity contribution in [1.82, 2.24) is 4.98 Å². The molecule has 0 saturated carbocycles. The lowest BCUT2D eigenvalue weighted by molar-refractivity contribution is 0.0598. The van der Waals surface area contributed by atoms with E-state index in [4.69, 9.17) is 4.74 Å². The van der Waals surface area contributed by atoms with Crippen molar-refractivity contribution in [2.24, 2.45) is 0 Å². The van der Waals surface area contributed by atoms with E-state index in [1.165, 1.54) is 4.90 Å². The number of carbonyl (C=O) groups is 2. The molecule has 0 aliphatic carbocycles. The minimum atomic E-state index is -0.610. The first-order valence-electron chi connectivity index (χ1n) is 7.94. The molecule has 1 aromatic heterocycles. The Morgan fingerprint density at radius 3 is 2.67 bits per heavy atom. The molecule has 24 heavy (non-hydrogen) atoms. The van der Waals surface area contributed by atoms with Crippen LogP contribution in [0.5, 0.6) is 0 Å². The van der Waals surface area contributed by atoms with Gasteiger partial charge < -0.3 is 4.74 Å². The lowest BCUT2D eigenvalue weighted by atomic mass is 10.0. The van der Waals surface area contributed by atoms with Crippen LogP contribution in [0.25, 0.3) is 0 Å². The Bertz CT molecular complexity index is 793. The molecule has 2 heterocycles. The van der Waals surface area contributed by atoms with Gasteiger partial charge in [0.2, 0.25) is 0 Å². The van der Waals surface area contributed by atoms with Crippen LogP contribution in [-0.4, -0.2) is 23.0 Å². The third kappa shape index (κ3) is 3.15. The average Bonchev–Trinajstić information content (AvgIpc) is 2.69. The average molecular weight is 324 g/mol. The quantitative estimate of drug-likeness (QED) is 0.742. The molecule has 0 atom stereocenters. The molecular formula is C19H20N2O3. The van der Waals surface area contributed by atoms with E-state index < -0.39 is 11.7 Å². The van der Waals surface area contributed by atoms with Gasteiger partial charge in [-0.15, -0.1) is 0 Å². The van der Waals surface area contributed by atoms with E-state index in [-0.39, 0.29) is 0 Å². The Labute approximate surface area is 141 Å². The predicted molar refractivity (Wildman–Crippen MR) is 91.8 cm³/mol. The van der Waals surface area contributed by atoms with Gasteiger partial charge in [-0.1, -0.05) is 6.07 Å². The highest BCUT2D eigenvalue weighted by atomic mass is 16.6. The van der Waals surface area contributed by atoms with Gasteiger partial charge in [0.15, 0.2) is 0 Å². The maximum Gasteiger partial charge on any atom is 0.420 e. The molecule has 0 radical (unpaired) electrons. The fraction of sp³-hybridized carbons (Fsp3) is 0.316. The summed E-state index contributed by atoms with van der Waals surface area (Å²) in [6.45, 7) is 5.50. The molecule has 0 bridgehead atoms. The third-order valence-electron chi connectivity index (χ3n) is 3.80. The predicted octanol–water partition coefficient (Wildman–Crippen LogP) is 4.07. The first-order valence-corrected chi connectivity index (χ1v) is 7.94. The number of rotatable bonds is 1. The van der Waals surface area contributed by atoms with Crippen LogP contribution >= 0.6 is 0 Å². The molecule has 0 N–H and O–H groups in total. The highest BCUT2D eigenvalue weighted by Gasteiger charge is 2.30. The molecule has 0 unspecified atom stereocenters. The zero-order chi connectivity index (χ0) is 17.3. The minimum Gasteiger partial charge on any atom is -0.443 e. The van der Waals surface area contributed by atoms with Gasteiger partial charge in [-0.3, -0.25) is 4.79 Å². The summed E-state index contributed by atoms with van der Waals surface area (Å²) in [7, 11) is 0. The highest BCUT2D eigenvalue weighted by Crippen LogP contribution is 2.36. The Hall–Kier alpha value is -2.69. The first-order chi connectivity index (χ1) is 11.4. The molecule has 124 valence electrons. The SMILES string of the molecule is CC(C)(C)OC(=O)N1c2ccc(C=O)cc2CCc2cccnc21. The van der Waals surface area contributed by atoms with E-state index in [0.717, 1.165) is 30.3 Å². The van der Waals surface area contributed by atoms with Crippen LogP contribution in [0.15, 0.2) is 36.5 Å². The Morgan fingerprint density at radius 2 is 1.96 bits per heavy atom. The summed E-state index contributed by atoms with van der Waals surface area (Å²) < 4.78 is 5.58. The van der Waals surface area contributed by atoms with Crippen molar-refractivity contribution in [1.29, 1.82) is 0 Å². The maximum atomic E-state index is 12.8. The van der Waals surface area contributed by atoms with Crippen molar-refractivity contribution >= 4 is 23.9 Å². The zero-order valence-corrected chi connectivity index (χ0v) is 14.1. The summed E-state index contributed by atoms with van der Waals surface area (Å²) >= 11 is 0. The second kappa shape index (κ2) is 6.07. The molecule has 5 nitrogen and oxygen atoms in total. The van der Waals surface area contributed by atoms with Crippen LogP contribution < -0.4 is 4.90 Å². The van der Waals surface area contributed by atoms with Crippen LogP contribution in [0.2, 0.25) is 0 Å². The third-order valence-corrected chi connectivity index (χ3v) is 3.80. The van der Waals surface area contributed by atoms with Crippen molar-refractivity contribution in [3.8, 4) is 0 Å². The van der Waals surface area contributed by atoms with Gasteiger partial charge in [-0.2, -0.15) is 0 Å². The van der Waals surface area contributed by atoms with Crippen molar-refractivity contribution in [2.45, 2.75) is 39.2 Å². The fourth-order valence-electron chi connectivity index (χ4n) is 2.80. The van der Waals surface area contributed by atoms with Gasteiger partial charge in [-0.05, 0) is 69.0 Å². The number of aromatic nitrogens is 1. The lowest BCUT2D eigenvalue weighted by Crippen LogP contribution is -2.34. The van der Waals surface area contributed by atoms with Crippen LogP contribution in [0.3, 0.4) is 0 Å². The molecule has 5 heteroatoms. The highest BCUT2D eigenvalue weighted by molar-refractivity contribution is 5.97. The summed E-state index contributed by atoms with van der Waals surface area (Å²) in [4.78, 5) is 29.8. The summed E-state index contributed by atoms with van der Waals surface area (Å²) in [5.74, 6) is 0.587. The Morgan fingerprint density at radius 1 is 1.21 bits per heavy atom. The second-order valence-electron chi connectivity index (χ2n) is 6.81. The van der Waals surface area contributed by atoms with Crippen molar-refractivity contribution in [3.05, 3.63) is 53.2 Å². The molecule has 1 aromatic carbocycles. The van der Waals surface area contributed by atoms with Crippen molar-refractivity contribution in [3.63, 3.8) is 0 Å². The summed E-state index contributed by atoms with van der Waals surface area (Å²) in [6.07, 6.45) is 3.49. The first kappa shape index (κ1) is 16.2. The number of aldehydes is 1. The second-order valence-corrected chi connectivity index (χ2v) is 6.81. The normalized spacial score (nSPS) is 13.5. The number of nitrogens with zero attached hydrogens (tertiary/aromatic N) is 2. The summed E-state index contributed by atoms with van der Waals surface area (Å²) in [5, 5.41) is 0.